The standard InChI is InChI=1S/C15H24O.C4H6O7S.3Na.H3O4P/c1-2-3-4-5-6-7-8-11-14-12-9-10-13-15(14)16;5-3(6)1-2(4(7)8)12(9,10)11;;;;1-5(2,3)4/h9-10,12-13,16H,2-8,11H2,1H3;2H,1H2,(H,5,6)(H,7,8)(H,9,10,11);;;;(H3,1,2,3,4)/q;;3*+1;/p-3. The fraction of sp³-hybridized carbons (Fsp3) is 0.579. The maximum atomic E-state index is 10.2. The van der Waals surface area contributed by atoms with Crippen molar-refractivity contribution in [3.8, 4) is 5.75 Å². The number of rotatable bonds is 12. The van der Waals surface area contributed by atoms with Gasteiger partial charge in [0.2, 0.25) is 0 Å². The zero-order chi connectivity index (χ0) is 26.1. The van der Waals surface area contributed by atoms with Gasteiger partial charge in [0.05, 0.1) is 6.42 Å². The molecule has 36 heavy (non-hydrogen) atoms. The van der Waals surface area contributed by atoms with E-state index < -0.39 is 41.6 Å². The van der Waals surface area contributed by atoms with Crippen LogP contribution in [0.3, 0.4) is 0 Å². The number of carboxylic acid groups (broad SMARTS) is 2. The molecule has 0 saturated carbocycles. The molecule has 4 N–H and O–H groups in total. The average molecular weight is 582 g/mol. The zero-order valence-electron chi connectivity index (χ0n) is 21.2. The number of carboxylic acids is 2. The van der Waals surface area contributed by atoms with Crippen molar-refractivity contribution in [3.05, 3.63) is 29.8 Å². The van der Waals surface area contributed by atoms with Crippen LogP contribution in [0.15, 0.2) is 24.3 Å². The molecule has 0 fully saturated rings. The van der Waals surface area contributed by atoms with Gasteiger partial charge in [-0.3, -0.25) is 14.1 Å². The third kappa shape index (κ3) is 33.0. The van der Waals surface area contributed by atoms with Crippen molar-refractivity contribution in [2.75, 3.05) is 0 Å². The van der Waals surface area contributed by atoms with E-state index in [9.17, 15) is 23.1 Å². The van der Waals surface area contributed by atoms with Gasteiger partial charge < -0.3 is 34.6 Å². The number of carbonyl (C=O) groups is 2. The van der Waals surface area contributed by atoms with E-state index in [2.05, 4.69) is 6.92 Å². The van der Waals surface area contributed by atoms with E-state index in [1.807, 2.05) is 18.2 Å². The van der Waals surface area contributed by atoms with Gasteiger partial charge >= 0.3 is 101 Å². The number of para-hydroxylation sites is 1. The molecule has 1 rings (SSSR count). The third-order valence-corrected chi connectivity index (χ3v) is 5.12. The van der Waals surface area contributed by atoms with Crippen LogP contribution in [0, 0.1) is 0 Å². The minimum absolute atomic E-state index is 0. The van der Waals surface area contributed by atoms with E-state index in [0.29, 0.717) is 5.75 Å². The Hall–Kier alpha value is 0.980. The van der Waals surface area contributed by atoms with Gasteiger partial charge in [-0.05, 0) is 24.5 Å². The van der Waals surface area contributed by atoms with Gasteiger partial charge in [-0.1, -0.05) is 63.6 Å². The molecule has 1 aromatic rings. The SMILES string of the molecule is CCCCCCCCCc1ccccc1O.O=C(O)CC(C(=O)O)S(=O)(=O)O.O=P([O-])([O-])[O-].[Na+].[Na+].[Na+]. The molecule has 1 aromatic carbocycles. The smallest absolute Gasteiger partial charge is 0.822 e. The Bertz CT molecular complexity index is 857. The summed E-state index contributed by atoms with van der Waals surface area (Å²) in [6.45, 7) is 2.25. The Morgan fingerprint density at radius 2 is 1.33 bits per heavy atom. The summed E-state index contributed by atoms with van der Waals surface area (Å²) in [4.78, 5) is 45.6. The summed E-state index contributed by atoms with van der Waals surface area (Å²) in [6, 6.07) is 7.67. The van der Waals surface area contributed by atoms with Crippen LogP contribution in [-0.2, 0) is 30.7 Å². The summed E-state index contributed by atoms with van der Waals surface area (Å²) >= 11 is 0. The molecule has 1 unspecified atom stereocenters. The predicted molar refractivity (Wildman–Crippen MR) is 113 cm³/mol. The molecule has 0 bridgehead atoms. The van der Waals surface area contributed by atoms with Gasteiger partial charge in [0.1, 0.15) is 5.75 Å². The number of benzene rings is 1. The minimum atomic E-state index is -5.39. The summed E-state index contributed by atoms with van der Waals surface area (Å²) in [5, 5.41) is 23.5. The van der Waals surface area contributed by atoms with Gasteiger partial charge in [0.25, 0.3) is 10.1 Å². The average Bonchev–Trinajstić information content (AvgIpc) is 2.65. The van der Waals surface area contributed by atoms with Crippen molar-refractivity contribution in [2.45, 2.75) is 70.0 Å². The molecule has 0 aliphatic heterocycles. The van der Waals surface area contributed by atoms with Crippen molar-refractivity contribution >= 4 is 29.9 Å². The first kappa shape index (κ1) is 46.8. The molecule has 0 radical (unpaired) electrons. The van der Waals surface area contributed by atoms with E-state index in [4.69, 9.17) is 34.0 Å². The Balaban J connectivity index is -0.000000143. The van der Waals surface area contributed by atoms with E-state index in [0.717, 1.165) is 12.0 Å². The first-order chi connectivity index (χ1) is 15.1. The van der Waals surface area contributed by atoms with E-state index in [1.165, 1.54) is 44.9 Å². The topological polar surface area (TPSA) is 235 Å². The number of hydrogen-bond donors (Lipinski definition) is 4. The van der Waals surface area contributed by atoms with Crippen molar-refractivity contribution < 1.29 is 146 Å². The molecule has 0 saturated heterocycles. The second-order valence-electron chi connectivity index (χ2n) is 6.89. The van der Waals surface area contributed by atoms with Gasteiger partial charge in [0.15, 0.2) is 5.25 Å². The molecular weight excluding hydrogens is 552 g/mol. The molecule has 0 spiro atoms. The summed E-state index contributed by atoms with van der Waals surface area (Å²) in [6.07, 6.45) is 9.13. The molecule has 0 aliphatic rings. The predicted octanol–water partition coefficient (Wildman–Crippen LogP) is -8.33. The summed E-state index contributed by atoms with van der Waals surface area (Å²) in [7, 11) is -10.2. The van der Waals surface area contributed by atoms with Crippen LogP contribution in [0.25, 0.3) is 0 Å². The number of unbranched alkanes of at least 4 members (excludes halogenated alkanes) is 6. The molecule has 0 aliphatic carbocycles. The number of phosphoric acid groups is 1. The van der Waals surface area contributed by atoms with E-state index >= 15 is 0 Å². The first-order valence-corrected chi connectivity index (χ1v) is 13.0. The van der Waals surface area contributed by atoms with Gasteiger partial charge in [0, 0.05) is 0 Å². The molecule has 0 heterocycles. The van der Waals surface area contributed by atoms with Crippen molar-refractivity contribution in [2.24, 2.45) is 0 Å². The molecule has 12 nitrogen and oxygen atoms in total. The van der Waals surface area contributed by atoms with Gasteiger partial charge in [-0.25, -0.2) is 0 Å². The van der Waals surface area contributed by atoms with E-state index in [1.54, 1.807) is 6.07 Å². The number of hydrogen-bond acceptors (Lipinski definition) is 9. The van der Waals surface area contributed by atoms with Crippen molar-refractivity contribution in [1.82, 2.24) is 0 Å². The third-order valence-electron chi connectivity index (χ3n) is 4.04. The summed E-state index contributed by atoms with van der Waals surface area (Å²) in [5.41, 5.74) is 1.09. The number of phenols is 1. The van der Waals surface area contributed by atoms with E-state index in [-0.39, 0.29) is 88.7 Å². The Morgan fingerprint density at radius 1 is 0.917 bits per heavy atom. The molecule has 0 amide bonds. The second kappa shape index (κ2) is 26.2. The first-order valence-electron chi connectivity index (χ1n) is 10.00. The van der Waals surface area contributed by atoms with Crippen molar-refractivity contribution in [1.29, 1.82) is 0 Å². The van der Waals surface area contributed by atoms with Crippen LogP contribution in [0.4, 0.5) is 0 Å². The zero-order valence-corrected chi connectivity index (χ0v) is 28.9. The Kier molecular flexibility index (Phi) is 34.1. The largest absolute Gasteiger partial charge is 1.00 e. The number of aromatic hydroxyl groups is 1. The Morgan fingerprint density at radius 3 is 1.67 bits per heavy atom. The molecule has 0 aromatic heterocycles. The van der Waals surface area contributed by atoms with Crippen molar-refractivity contribution in [3.63, 3.8) is 0 Å². The molecule has 17 heteroatoms. The fourth-order valence-corrected chi connectivity index (χ4v) is 3.08. The monoisotopic (exact) mass is 582 g/mol. The molecule has 1 atom stereocenters. The van der Waals surface area contributed by atoms with Crippen LogP contribution in [0.2, 0.25) is 0 Å². The quantitative estimate of drug-likeness (QED) is 0.0778. The summed E-state index contributed by atoms with van der Waals surface area (Å²) < 4.78 is 37.2. The Labute approximate surface area is 278 Å². The number of aryl methyl sites for hydroxylation is 1. The maximum Gasteiger partial charge on any atom is 1.00 e. The van der Waals surface area contributed by atoms with Crippen LogP contribution in [-0.4, -0.2) is 45.5 Å². The molecular formula is C19H30Na3O12PS. The van der Waals surface area contributed by atoms with Gasteiger partial charge in [-0.2, -0.15) is 16.2 Å². The normalized spacial score (nSPS) is 10.9. The molecule has 192 valence electrons. The van der Waals surface area contributed by atoms with Crippen LogP contribution in [0.5, 0.6) is 5.75 Å². The summed E-state index contributed by atoms with van der Waals surface area (Å²) in [5.74, 6) is -3.05. The number of aliphatic carboxylic acids is 2. The fourth-order valence-electron chi connectivity index (χ4n) is 2.47. The van der Waals surface area contributed by atoms with Gasteiger partial charge in [-0.15, -0.1) is 0 Å². The maximum absolute atomic E-state index is 10.2. The van der Waals surface area contributed by atoms with Crippen LogP contribution in [0.1, 0.15) is 63.9 Å². The van der Waals surface area contributed by atoms with Crippen LogP contribution < -0.4 is 103 Å². The second-order valence-corrected chi connectivity index (χ2v) is 9.38. The number of phenolic OH excluding ortho intramolecular Hbond substituents is 1. The minimum Gasteiger partial charge on any atom is -0.822 e. The van der Waals surface area contributed by atoms with Crippen LogP contribution >= 0.6 is 7.82 Å².